The Morgan fingerprint density at radius 2 is 1.16 bits per heavy atom. The van der Waals surface area contributed by atoms with Crippen LogP contribution in [0.25, 0.3) is 78.4 Å². The molecule has 0 unspecified atom stereocenters. The van der Waals surface area contributed by atoms with Gasteiger partial charge in [-0.15, -0.1) is 0 Å². The number of hydrogen-bond acceptors (Lipinski definition) is 6. The molecule has 9 rings (SSSR count). The van der Waals surface area contributed by atoms with E-state index in [-0.39, 0.29) is 11.4 Å². The number of nitrogens with zero attached hydrogens (tertiary/aromatic N) is 6. The van der Waals surface area contributed by atoms with Gasteiger partial charge in [0.2, 0.25) is 5.95 Å². The van der Waals surface area contributed by atoms with Gasteiger partial charge in [0.1, 0.15) is 5.58 Å². The Balaban J connectivity index is 1.39. The van der Waals surface area contributed by atoms with E-state index in [0.29, 0.717) is 39.6 Å². The number of para-hydroxylation sites is 2. The van der Waals surface area contributed by atoms with Gasteiger partial charge in [-0.2, -0.15) is 15.0 Å². The largest absolute Gasteiger partial charge is 0.424 e. The second-order valence-electron chi connectivity index (χ2n) is 10.4. The van der Waals surface area contributed by atoms with Crippen LogP contribution in [0.15, 0.2) is 131 Å². The van der Waals surface area contributed by atoms with Crippen LogP contribution in [0, 0.1) is 0 Å². The molecule has 0 bridgehead atoms. The third kappa shape index (κ3) is 3.53. The summed E-state index contributed by atoms with van der Waals surface area (Å²) in [6.07, 6.45) is 0. The summed E-state index contributed by atoms with van der Waals surface area (Å²) in [5, 5.41) is 2.45. The smallest absolute Gasteiger partial charge is 0.310 e. The van der Waals surface area contributed by atoms with Crippen molar-refractivity contribution in [3.8, 4) is 28.7 Å². The molecule has 5 aromatic carbocycles. The Kier molecular flexibility index (Phi) is 4.89. The summed E-state index contributed by atoms with van der Waals surface area (Å²) in [6, 6.07) is 39.1. The van der Waals surface area contributed by atoms with Crippen LogP contribution in [0.3, 0.4) is 0 Å². The van der Waals surface area contributed by atoms with Crippen LogP contribution in [0.2, 0.25) is 0 Å². The number of benzene rings is 5. The number of imidazole rings is 1. The predicted octanol–water partition coefficient (Wildman–Crippen LogP) is 7.21. The highest BCUT2D eigenvalue weighted by Gasteiger charge is 2.21. The van der Waals surface area contributed by atoms with Gasteiger partial charge in [-0.1, -0.05) is 91.0 Å². The maximum absolute atomic E-state index is 13.6. The van der Waals surface area contributed by atoms with E-state index in [1.54, 1.807) is 16.5 Å². The Morgan fingerprint density at radius 1 is 0.535 bits per heavy atom. The summed E-state index contributed by atoms with van der Waals surface area (Å²) < 4.78 is 9.65. The maximum Gasteiger partial charge on any atom is 0.310 e. The van der Waals surface area contributed by atoms with Crippen LogP contribution < -0.4 is 5.56 Å². The number of hydrogen-bond donors (Lipinski definition) is 0. The first-order chi connectivity index (χ1) is 21.2. The molecule has 0 atom stereocenters. The Hall–Kier alpha value is -6.15. The minimum Gasteiger partial charge on any atom is -0.424 e. The molecule has 0 aliphatic carbocycles. The molecular weight excluding hydrogens is 536 g/mol. The Morgan fingerprint density at radius 3 is 1.88 bits per heavy atom. The molecule has 0 saturated heterocycles. The molecule has 4 aromatic heterocycles. The second-order valence-corrected chi connectivity index (χ2v) is 10.4. The normalized spacial score (nSPS) is 11.8. The third-order valence-electron chi connectivity index (χ3n) is 7.83. The zero-order valence-electron chi connectivity index (χ0n) is 22.5. The fourth-order valence-corrected chi connectivity index (χ4v) is 5.85. The van der Waals surface area contributed by atoms with Crippen molar-refractivity contribution in [1.82, 2.24) is 28.9 Å². The summed E-state index contributed by atoms with van der Waals surface area (Å²) in [6.45, 7) is 0. The van der Waals surface area contributed by atoms with Gasteiger partial charge in [0.05, 0.1) is 27.5 Å². The SMILES string of the molecule is O=c1c2ccccc2oc2nc3cc4c(cc3n12)c1ccccc1n4-c1nc(-c2ccccc2)nc(-c2ccccc2)n1. The summed E-state index contributed by atoms with van der Waals surface area (Å²) in [4.78, 5) is 33.2. The van der Waals surface area contributed by atoms with Crippen LogP contribution in [-0.2, 0) is 0 Å². The van der Waals surface area contributed by atoms with Crippen molar-refractivity contribution in [3.05, 3.63) is 132 Å². The lowest BCUT2D eigenvalue weighted by Crippen LogP contribution is -2.12. The van der Waals surface area contributed by atoms with Crippen molar-refractivity contribution in [1.29, 1.82) is 0 Å². The zero-order chi connectivity index (χ0) is 28.5. The highest BCUT2D eigenvalue weighted by molar-refractivity contribution is 6.13. The molecule has 4 heterocycles. The summed E-state index contributed by atoms with van der Waals surface area (Å²) in [5.41, 5.74) is 5.22. The van der Waals surface area contributed by atoms with Gasteiger partial charge < -0.3 is 4.42 Å². The monoisotopic (exact) mass is 556 g/mol. The van der Waals surface area contributed by atoms with Crippen LogP contribution in [0.1, 0.15) is 0 Å². The van der Waals surface area contributed by atoms with Crippen molar-refractivity contribution in [2.24, 2.45) is 0 Å². The standard InChI is InChI=1S/C35H20N6O2/c42-33-24-16-8-10-18-30(24)43-35-36-26-20-28-25(19-29(26)41(33)35)23-15-7-9-17-27(23)40(28)34-38-31(21-11-3-1-4-12-21)37-32(39-34)22-13-5-2-6-14-22/h1-20H. The van der Waals surface area contributed by atoms with Gasteiger partial charge in [0.25, 0.3) is 5.56 Å². The van der Waals surface area contributed by atoms with E-state index in [1.807, 2.05) is 102 Å². The van der Waals surface area contributed by atoms with E-state index in [9.17, 15) is 4.79 Å². The number of rotatable bonds is 3. The maximum atomic E-state index is 13.6. The van der Waals surface area contributed by atoms with Crippen molar-refractivity contribution >= 4 is 49.7 Å². The average molecular weight is 557 g/mol. The molecule has 43 heavy (non-hydrogen) atoms. The Bertz CT molecular complexity index is 2530. The van der Waals surface area contributed by atoms with E-state index in [2.05, 4.69) is 12.1 Å². The molecule has 0 saturated carbocycles. The van der Waals surface area contributed by atoms with Crippen LogP contribution in [0.5, 0.6) is 0 Å². The highest BCUT2D eigenvalue weighted by atomic mass is 16.4. The summed E-state index contributed by atoms with van der Waals surface area (Å²) >= 11 is 0. The lowest BCUT2D eigenvalue weighted by Gasteiger charge is -2.10. The molecule has 0 aliphatic rings. The molecule has 0 radical (unpaired) electrons. The van der Waals surface area contributed by atoms with Gasteiger partial charge in [-0.05, 0) is 30.3 Å². The number of fused-ring (bicyclic) bond motifs is 7. The fourth-order valence-electron chi connectivity index (χ4n) is 5.85. The highest BCUT2D eigenvalue weighted by Crippen LogP contribution is 2.35. The molecule has 8 heteroatoms. The summed E-state index contributed by atoms with van der Waals surface area (Å²) in [5.74, 6) is 1.89. The van der Waals surface area contributed by atoms with Gasteiger partial charge in [-0.25, -0.2) is 9.38 Å². The van der Waals surface area contributed by atoms with Crippen LogP contribution in [-0.4, -0.2) is 28.9 Å². The predicted molar refractivity (Wildman–Crippen MR) is 167 cm³/mol. The van der Waals surface area contributed by atoms with Gasteiger partial charge in [0.15, 0.2) is 11.6 Å². The van der Waals surface area contributed by atoms with Crippen molar-refractivity contribution in [2.75, 3.05) is 0 Å². The van der Waals surface area contributed by atoms with E-state index in [4.69, 9.17) is 24.4 Å². The molecule has 202 valence electrons. The quantitative estimate of drug-likeness (QED) is 0.228. The van der Waals surface area contributed by atoms with Crippen LogP contribution in [0.4, 0.5) is 0 Å². The lowest BCUT2D eigenvalue weighted by atomic mass is 10.1. The fraction of sp³-hybridized carbons (Fsp3) is 0. The zero-order valence-corrected chi connectivity index (χ0v) is 22.5. The Labute approximate surface area is 243 Å². The molecule has 8 nitrogen and oxygen atoms in total. The topological polar surface area (TPSA) is 91.1 Å². The van der Waals surface area contributed by atoms with E-state index in [1.165, 1.54) is 0 Å². The molecule has 9 aromatic rings. The van der Waals surface area contributed by atoms with Gasteiger partial charge >= 0.3 is 5.84 Å². The molecule has 0 aliphatic heterocycles. The first kappa shape index (κ1) is 23.5. The van der Waals surface area contributed by atoms with E-state index < -0.39 is 0 Å². The first-order valence-electron chi connectivity index (χ1n) is 13.9. The molecule has 0 fully saturated rings. The second kappa shape index (κ2) is 8.92. The van der Waals surface area contributed by atoms with Crippen molar-refractivity contribution in [2.45, 2.75) is 0 Å². The minimum atomic E-state index is -0.167. The molecule has 0 N–H and O–H groups in total. The van der Waals surface area contributed by atoms with Crippen LogP contribution >= 0.6 is 0 Å². The van der Waals surface area contributed by atoms with E-state index in [0.717, 1.165) is 32.9 Å². The molecular formula is C35H20N6O2. The third-order valence-corrected chi connectivity index (χ3v) is 7.83. The van der Waals surface area contributed by atoms with E-state index >= 15 is 0 Å². The first-order valence-corrected chi connectivity index (χ1v) is 13.9. The van der Waals surface area contributed by atoms with Gasteiger partial charge in [-0.3, -0.25) is 9.36 Å². The lowest BCUT2D eigenvalue weighted by molar-refractivity contribution is 0.616. The van der Waals surface area contributed by atoms with Crippen molar-refractivity contribution in [3.63, 3.8) is 0 Å². The molecule has 0 amide bonds. The molecule has 0 spiro atoms. The summed E-state index contributed by atoms with van der Waals surface area (Å²) in [7, 11) is 0. The minimum absolute atomic E-state index is 0.167. The number of aromatic nitrogens is 6. The average Bonchev–Trinajstić information content (AvgIpc) is 3.59. The van der Waals surface area contributed by atoms with Gasteiger partial charge in [0, 0.05) is 21.9 Å². The van der Waals surface area contributed by atoms with Crippen molar-refractivity contribution < 1.29 is 4.42 Å².